The molecule has 0 spiro atoms. The van der Waals surface area contributed by atoms with E-state index in [4.69, 9.17) is 51.1 Å². The Morgan fingerprint density at radius 1 is 0.800 bits per heavy atom. The third-order valence-electron chi connectivity index (χ3n) is 8.18. The molecule has 0 atom stereocenters. The normalized spacial score (nSPS) is 11.2. The Kier molecular flexibility index (Phi) is 11.6. The van der Waals surface area contributed by atoms with Crippen molar-refractivity contribution in [1.29, 1.82) is 0 Å². The number of ketones is 2. The van der Waals surface area contributed by atoms with Gasteiger partial charge in [0.15, 0.2) is 0 Å². The third kappa shape index (κ3) is 8.07. The lowest BCUT2D eigenvalue weighted by atomic mass is 10.0. The molecule has 55 heavy (non-hydrogen) atoms. The summed E-state index contributed by atoms with van der Waals surface area (Å²) in [5.74, 6) is -3.48. The molecule has 16 nitrogen and oxygen atoms in total. The van der Waals surface area contributed by atoms with E-state index in [1.54, 1.807) is 0 Å². The number of esters is 2. The van der Waals surface area contributed by atoms with Gasteiger partial charge in [0.2, 0.25) is 11.6 Å². The number of unbranched alkanes of at least 4 members (excludes halogenated alkanes) is 1. The lowest BCUT2D eigenvalue weighted by Gasteiger charge is -2.13. The second-order valence-corrected chi connectivity index (χ2v) is 13.4. The average molecular weight is 830 g/mol. The topological polar surface area (TPSA) is 209 Å². The summed E-state index contributed by atoms with van der Waals surface area (Å²) in [6, 6.07) is 9.47. The SMILES string of the molecule is CCCCOC(=O)Cn1cc(-c2ccc(C(=O)c3[nH]c(Cl)c(Cl)c3-n3c(C(=O)c4ccc(-c5cn(CC(=O)OC)nn5)cc4O)cc(Cl)c3Cl)c(O)c2)nn1. The van der Waals surface area contributed by atoms with Gasteiger partial charge >= 0.3 is 11.9 Å². The number of aromatic amines is 1. The highest BCUT2D eigenvalue weighted by Crippen LogP contribution is 2.41. The van der Waals surface area contributed by atoms with Gasteiger partial charge in [-0.25, -0.2) is 9.36 Å². The van der Waals surface area contributed by atoms with Crippen LogP contribution < -0.4 is 0 Å². The Morgan fingerprint density at radius 3 is 1.91 bits per heavy atom. The van der Waals surface area contributed by atoms with Crippen LogP contribution in [0.25, 0.3) is 28.2 Å². The Bertz CT molecular complexity index is 2470. The van der Waals surface area contributed by atoms with Crippen molar-refractivity contribution in [2.24, 2.45) is 0 Å². The van der Waals surface area contributed by atoms with Crippen LogP contribution in [0.15, 0.2) is 54.9 Å². The number of carbonyl (C=O) groups excluding carboxylic acids is 4. The monoisotopic (exact) mass is 828 g/mol. The molecule has 0 saturated heterocycles. The summed E-state index contributed by atoms with van der Waals surface area (Å²) in [5.41, 5.74) is 0.372. The van der Waals surface area contributed by atoms with Crippen molar-refractivity contribution in [3.8, 4) is 39.7 Å². The van der Waals surface area contributed by atoms with E-state index in [2.05, 4.69) is 30.3 Å². The fourth-order valence-electron chi connectivity index (χ4n) is 5.41. The number of carbonyl (C=O) groups is 4. The van der Waals surface area contributed by atoms with Gasteiger partial charge in [-0.2, -0.15) is 0 Å². The number of aromatic hydroxyl groups is 2. The summed E-state index contributed by atoms with van der Waals surface area (Å²) in [6.07, 6.45) is 4.56. The quantitative estimate of drug-likeness (QED) is 0.0626. The number of halogens is 4. The molecular weight excluding hydrogens is 802 g/mol. The molecule has 0 unspecified atom stereocenters. The first-order valence-electron chi connectivity index (χ1n) is 16.2. The van der Waals surface area contributed by atoms with E-state index in [1.807, 2.05) is 6.92 Å². The number of benzene rings is 2. The second-order valence-electron chi connectivity index (χ2n) is 11.9. The molecule has 20 heteroatoms. The van der Waals surface area contributed by atoms with Crippen molar-refractivity contribution >= 4 is 69.9 Å². The molecule has 6 aromatic rings. The van der Waals surface area contributed by atoms with Gasteiger partial charge in [-0.15, -0.1) is 10.2 Å². The molecule has 3 N–H and O–H groups in total. The number of rotatable bonds is 14. The number of hydrogen-bond donors (Lipinski definition) is 3. The van der Waals surface area contributed by atoms with E-state index < -0.39 is 35.0 Å². The van der Waals surface area contributed by atoms with Crippen molar-refractivity contribution < 1.29 is 38.9 Å². The summed E-state index contributed by atoms with van der Waals surface area (Å²) in [6.45, 7) is 1.93. The highest BCUT2D eigenvalue weighted by Gasteiger charge is 2.31. The minimum Gasteiger partial charge on any atom is -0.507 e. The van der Waals surface area contributed by atoms with Crippen LogP contribution in [0.3, 0.4) is 0 Å². The largest absolute Gasteiger partial charge is 0.507 e. The summed E-state index contributed by atoms with van der Waals surface area (Å²) >= 11 is 26.0. The Morgan fingerprint density at radius 2 is 1.36 bits per heavy atom. The highest BCUT2D eigenvalue weighted by atomic mass is 35.5. The van der Waals surface area contributed by atoms with Crippen molar-refractivity contribution in [1.82, 2.24) is 39.5 Å². The first kappa shape index (κ1) is 39.0. The van der Waals surface area contributed by atoms with Crippen molar-refractivity contribution in [3.05, 3.63) is 97.7 Å². The molecule has 0 saturated carbocycles. The zero-order valence-corrected chi connectivity index (χ0v) is 31.7. The van der Waals surface area contributed by atoms with Gasteiger partial charge in [0, 0.05) is 11.1 Å². The van der Waals surface area contributed by atoms with Crippen molar-refractivity contribution in [3.63, 3.8) is 0 Å². The van der Waals surface area contributed by atoms with Crippen molar-refractivity contribution in [2.75, 3.05) is 13.7 Å². The van der Waals surface area contributed by atoms with E-state index >= 15 is 0 Å². The van der Waals surface area contributed by atoms with Gasteiger partial charge in [-0.05, 0) is 36.8 Å². The van der Waals surface area contributed by atoms with Gasteiger partial charge in [-0.1, -0.05) is 82.3 Å². The van der Waals surface area contributed by atoms with E-state index in [1.165, 1.54) is 71.3 Å². The second kappa shape index (κ2) is 16.4. The first-order valence-corrected chi connectivity index (χ1v) is 17.7. The maximum Gasteiger partial charge on any atom is 0.327 e. The third-order valence-corrected chi connectivity index (χ3v) is 9.68. The van der Waals surface area contributed by atoms with Crippen LogP contribution in [-0.4, -0.2) is 87.0 Å². The Balaban J connectivity index is 1.29. The standard InChI is InChI=1S/C35H28Cl4N8O8/c1-3-4-9-55-28(51)16-46-14-23(42-44-46)18-6-8-20(26(49)11-18)33(53)30-31(29(37)34(38)40-30)47-24(12-21(36)35(47)39)32(52)19-7-5-17(10-25(19)48)22-13-45(43-41-22)15-27(50)54-2/h5-8,10-14,40,48-49H,3-4,9,15-16H2,1-2H3. The molecule has 0 aliphatic heterocycles. The minimum atomic E-state index is -0.793. The number of phenolic OH excluding ortho intramolecular Hbond substituents is 2. The van der Waals surface area contributed by atoms with Crippen LogP contribution in [0.4, 0.5) is 0 Å². The number of nitrogens with zero attached hydrogens (tertiary/aromatic N) is 7. The van der Waals surface area contributed by atoms with Crippen LogP contribution in [-0.2, 0) is 32.2 Å². The fourth-order valence-corrected chi connectivity index (χ4v) is 6.24. The summed E-state index contributed by atoms with van der Waals surface area (Å²) < 4.78 is 13.4. The average Bonchev–Trinajstić information content (AvgIpc) is 3.95. The number of methoxy groups -OCH3 is 1. The number of H-pyrrole nitrogens is 1. The van der Waals surface area contributed by atoms with E-state index in [0.717, 1.165) is 17.4 Å². The Labute approximate surface area is 331 Å². The lowest BCUT2D eigenvalue weighted by molar-refractivity contribution is -0.145. The summed E-state index contributed by atoms with van der Waals surface area (Å²) in [5, 5.41) is 37.2. The van der Waals surface area contributed by atoms with Crippen LogP contribution in [0.1, 0.15) is 51.9 Å². The zero-order valence-electron chi connectivity index (χ0n) is 28.7. The fraction of sp³-hybridized carbons (Fsp3) is 0.200. The molecule has 0 radical (unpaired) electrons. The summed E-state index contributed by atoms with van der Waals surface area (Å²) in [4.78, 5) is 54.4. The molecule has 0 amide bonds. The predicted octanol–water partition coefficient (Wildman–Crippen LogP) is 6.33. The van der Waals surface area contributed by atoms with Gasteiger partial charge in [0.05, 0.1) is 53.6 Å². The smallest absolute Gasteiger partial charge is 0.327 e. The molecule has 0 aliphatic carbocycles. The van der Waals surface area contributed by atoms with E-state index in [0.29, 0.717) is 29.1 Å². The lowest BCUT2D eigenvalue weighted by Crippen LogP contribution is -2.14. The van der Waals surface area contributed by atoms with Crippen molar-refractivity contribution in [2.45, 2.75) is 32.9 Å². The van der Waals surface area contributed by atoms with Gasteiger partial charge in [0.25, 0.3) is 0 Å². The highest BCUT2D eigenvalue weighted by molar-refractivity contribution is 6.45. The Hall–Kier alpha value is -5.68. The number of nitrogens with one attached hydrogen (secondary N) is 1. The van der Waals surface area contributed by atoms with Gasteiger partial charge in [0.1, 0.15) is 57.0 Å². The van der Waals surface area contributed by atoms with Crippen LogP contribution in [0.5, 0.6) is 11.5 Å². The van der Waals surface area contributed by atoms with Gasteiger partial charge < -0.3 is 24.7 Å². The predicted molar refractivity (Wildman–Crippen MR) is 199 cm³/mol. The maximum atomic E-state index is 14.0. The zero-order chi connectivity index (χ0) is 39.6. The van der Waals surface area contributed by atoms with E-state index in [-0.39, 0.29) is 61.6 Å². The molecular formula is C35H28Cl4N8O8. The number of ether oxygens (including phenoxy) is 2. The molecule has 4 aromatic heterocycles. The minimum absolute atomic E-state index is 0.0930. The molecule has 4 heterocycles. The molecule has 0 fully saturated rings. The molecule has 284 valence electrons. The van der Waals surface area contributed by atoms with Crippen LogP contribution in [0.2, 0.25) is 20.4 Å². The van der Waals surface area contributed by atoms with Gasteiger partial charge in [-0.3, -0.25) is 23.7 Å². The molecule has 0 bridgehead atoms. The summed E-state index contributed by atoms with van der Waals surface area (Å²) in [7, 11) is 1.24. The van der Waals surface area contributed by atoms with Crippen LogP contribution >= 0.6 is 46.4 Å². The van der Waals surface area contributed by atoms with Crippen LogP contribution in [0, 0.1) is 0 Å². The van der Waals surface area contributed by atoms with E-state index in [9.17, 15) is 29.4 Å². The number of phenols is 2. The first-order chi connectivity index (χ1) is 26.3. The number of aromatic nitrogens is 8. The molecule has 0 aliphatic rings. The molecule has 2 aromatic carbocycles. The molecule has 6 rings (SSSR count). The number of hydrogen-bond acceptors (Lipinski definition) is 12. The maximum absolute atomic E-state index is 14.0.